The van der Waals surface area contributed by atoms with Crippen molar-refractivity contribution in [1.29, 1.82) is 0 Å². The van der Waals surface area contributed by atoms with Gasteiger partial charge in [-0.15, -0.1) is 5.10 Å². The van der Waals surface area contributed by atoms with Gasteiger partial charge in [0.25, 0.3) is 11.6 Å². The van der Waals surface area contributed by atoms with Gasteiger partial charge in [-0.2, -0.15) is 4.98 Å². The molecule has 0 spiro atoms. The predicted molar refractivity (Wildman–Crippen MR) is 148 cm³/mol. The SMILES string of the molecule is COc1ccccc1NC(=O)C1=C(C)Nc2nc(-c3cccc([N+](=O)[O-])c3)nn2C1c1ccc(OC)c(OC)c1. The van der Waals surface area contributed by atoms with Crippen LogP contribution in [0.1, 0.15) is 18.5 Å². The second kappa shape index (κ2) is 10.8. The number of benzene rings is 3. The molecule has 0 saturated heterocycles. The number of methoxy groups -OCH3 is 3. The summed E-state index contributed by atoms with van der Waals surface area (Å²) >= 11 is 0. The smallest absolute Gasteiger partial charge is 0.270 e. The third kappa shape index (κ3) is 4.77. The average molecular weight is 543 g/mol. The molecule has 0 bridgehead atoms. The van der Waals surface area contributed by atoms with E-state index in [4.69, 9.17) is 19.3 Å². The van der Waals surface area contributed by atoms with Gasteiger partial charge >= 0.3 is 0 Å². The molecule has 0 fully saturated rings. The largest absolute Gasteiger partial charge is 0.495 e. The maximum Gasteiger partial charge on any atom is 0.270 e. The summed E-state index contributed by atoms with van der Waals surface area (Å²) in [7, 11) is 4.60. The van der Waals surface area contributed by atoms with Gasteiger partial charge in [0.2, 0.25) is 5.95 Å². The van der Waals surface area contributed by atoms with E-state index in [1.54, 1.807) is 61.2 Å². The molecule has 0 radical (unpaired) electrons. The number of nitro benzene ring substituents is 1. The van der Waals surface area contributed by atoms with Gasteiger partial charge in [0.05, 0.1) is 37.5 Å². The van der Waals surface area contributed by atoms with E-state index in [0.29, 0.717) is 51.3 Å². The lowest BCUT2D eigenvalue weighted by Crippen LogP contribution is -2.31. The van der Waals surface area contributed by atoms with Gasteiger partial charge in [-0.05, 0) is 36.8 Å². The molecule has 3 aromatic carbocycles. The molecule has 1 aliphatic rings. The normalized spacial score (nSPS) is 14.2. The van der Waals surface area contributed by atoms with Gasteiger partial charge in [0, 0.05) is 23.4 Å². The first kappa shape index (κ1) is 26.2. The van der Waals surface area contributed by atoms with E-state index in [1.165, 1.54) is 26.4 Å². The van der Waals surface area contributed by atoms with Crippen molar-refractivity contribution in [2.75, 3.05) is 32.0 Å². The number of allylic oxidation sites excluding steroid dienone is 1. The van der Waals surface area contributed by atoms with E-state index in [-0.39, 0.29) is 17.4 Å². The molecule has 2 N–H and O–H groups in total. The molecular formula is C28H26N6O6. The van der Waals surface area contributed by atoms with Gasteiger partial charge in [-0.1, -0.05) is 30.3 Å². The second-order valence-electron chi connectivity index (χ2n) is 8.85. The van der Waals surface area contributed by atoms with Crippen molar-refractivity contribution in [3.63, 3.8) is 0 Å². The van der Waals surface area contributed by atoms with Crippen LogP contribution in [0, 0.1) is 10.1 Å². The van der Waals surface area contributed by atoms with Crippen molar-refractivity contribution in [2.24, 2.45) is 0 Å². The number of nitrogens with zero attached hydrogens (tertiary/aromatic N) is 4. The highest BCUT2D eigenvalue weighted by Gasteiger charge is 2.35. The molecule has 12 nitrogen and oxygen atoms in total. The number of ether oxygens (including phenoxy) is 3. The molecule has 0 aliphatic carbocycles. The fraction of sp³-hybridized carbons (Fsp3) is 0.179. The highest BCUT2D eigenvalue weighted by Crippen LogP contribution is 2.40. The number of hydrogen-bond donors (Lipinski definition) is 2. The number of hydrogen-bond acceptors (Lipinski definition) is 9. The maximum atomic E-state index is 13.9. The Labute approximate surface area is 229 Å². The highest BCUT2D eigenvalue weighted by atomic mass is 16.6. The van der Waals surface area contributed by atoms with Crippen molar-refractivity contribution in [3.8, 4) is 28.6 Å². The molecule has 1 unspecified atom stereocenters. The Balaban J connectivity index is 1.64. The van der Waals surface area contributed by atoms with Crippen LogP contribution in [0.25, 0.3) is 11.4 Å². The van der Waals surface area contributed by atoms with Gasteiger partial charge in [-0.25, -0.2) is 4.68 Å². The number of rotatable bonds is 8. The summed E-state index contributed by atoms with van der Waals surface area (Å²) in [4.78, 5) is 29.3. The summed E-state index contributed by atoms with van der Waals surface area (Å²) in [6.45, 7) is 1.77. The topological polar surface area (TPSA) is 143 Å². The number of non-ortho nitro benzene ring substituents is 1. The first-order valence-electron chi connectivity index (χ1n) is 12.2. The average Bonchev–Trinajstić information content (AvgIpc) is 3.40. The van der Waals surface area contributed by atoms with Crippen LogP contribution >= 0.6 is 0 Å². The Kier molecular flexibility index (Phi) is 7.06. The molecule has 0 saturated carbocycles. The lowest BCUT2D eigenvalue weighted by Gasteiger charge is -2.29. The Morgan fingerprint density at radius 1 is 0.975 bits per heavy atom. The Morgan fingerprint density at radius 2 is 1.73 bits per heavy atom. The molecule has 12 heteroatoms. The number of para-hydroxylation sites is 2. The lowest BCUT2D eigenvalue weighted by molar-refractivity contribution is -0.384. The summed E-state index contributed by atoms with van der Waals surface area (Å²) in [5, 5.41) is 22.2. The summed E-state index contributed by atoms with van der Waals surface area (Å²) in [6, 6.07) is 17.8. The number of nitro groups is 1. The molecule has 2 heterocycles. The van der Waals surface area contributed by atoms with Gasteiger partial charge in [0.15, 0.2) is 17.3 Å². The minimum Gasteiger partial charge on any atom is -0.495 e. The van der Waals surface area contributed by atoms with Crippen LogP contribution in [-0.4, -0.2) is 46.9 Å². The number of amides is 1. The molecule has 1 amide bonds. The van der Waals surface area contributed by atoms with E-state index in [1.807, 2.05) is 12.1 Å². The molecular weight excluding hydrogens is 516 g/mol. The van der Waals surface area contributed by atoms with E-state index in [2.05, 4.69) is 15.6 Å². The van der Waals surface area contributed by atoms with Crippen LogP contribution in [0.15, 0.2) is 78.0 Å². The van der Waals surface area contributed by atoms with Gasteiger partial charge in [0.1, 0.15) is 11.8 Å². The van der Waals surface area contributed by atoms with Crippen molar-refractivity contribution < 1.29 is 23.9 Å². The maximum absolute atomic E-state index is 13.9. The van der Waals surface area contributed by atoms with Crippen molar-refractivity contribution in [3.05, 3.63) is 93.7 Å². The van der Waals surface area contributed by atoms with Crippen molar-refractivity contribution in [1.82, 2.24) is 14.8 Å². The van der Waals surface area contributed by atoms with Crippen molar-refractivity contribution >= 4 is 23.2 Å². The van der Waals surface area contributed by atoms with E-state index in [0.717, 1.165) is 0 Å². The number of anilines is 2. The molecule has 1 aliphatic heterocycles. The monoisotopic (exact) mass is 542 g/mol. The molecule has 204 valence electrons. The number of aromatic nitrogens is 3. The Morgan fingerprint density at radius 3 is 2.45 bits per heavy atom. The zero-order valence-electron chi connectivity index (χ0n) is 22.2. The first-order valence-corrected chi connectivity index (χ1v) is 12.2. The fourth-order valence-electron chi connectivity index (χ4n) is 4.59. The third-order valence-corrected chi connectivity index (χ3v) is 6.49. The zero-order chi connectivity index (χ0) is 28.4. The fourth-order valence-corrected chi connectivity index (χ4v) is 4.59. The summed E-state index contributed by atoms with van der Waals surface area (Å²) in [5.41, 5.74) is 2.49. The number of carbonyl (C=O) groups excluding carboxylic acids is 1. The van der Waals surface area contributed by atoms with Gasteiger partial charge in [-0.3, -0.25) is 14.9 Å². The van der Waals surface area contributed by atoms with Crippen molar-refractivity contribution in [2.45, 2.75) is 13.0 Å². The number of fused-ring (bicyclic) bond motifs is 1. The van der Waals surface area contributed by atoms with Crippen LogP contribution in [0.4, 0.5) is 17.3 Å². The summed E-state index contributed by atoms with van der Waals surface area (Å²) in [5.74, 6) is 1.75. The highest BCUT2D eigenvalue weighted by molar-refractivity contribution is 6.06. The van der Waals surface area contributed by atoms with Crippen LogP contribution < -0.4 is 24.8 Å². The third-order valence-electron chi connectivity index (χ3n) is 6.49. The predicted octanol–water partition coefficient (Wildman–Crippen LogP) is 4.81. The Hall–Kier alpha value is -5.39. The molecule has 5 rings (SSSR count). The summed E-state index contributed by atoms with van der Waals surface area (Å²) < 4.78 is 17.9. The quantitative estimate of drug-likeness (QED) is 0.237. The van der Waals surface area contributed by atoms with Crippen LogP contribution in [0.2, 0.25) is 0 Å². The van der Waals surface area contributed by atoms with Crippen LogP contribution in [-0.2, 0) is 4.79 Å². The lowest BCUT2D eigenvalue weighted by atomic mass is 9.94. The number of carbonyl (C=O) groups is 1. The van der Waals surface area contributed by atoms with Gasteiger partial charge < -0.3 is 24.8 Å². The van der Waals surface area contributed by atoms with E-state index >= 15 is 0 Å². The molecule has 1 atom stereocenters. The molecule has 40 heavy (non-hydrogen) atoms. The van der Waals surface area contributed by atoms with Crippen LogP contribution in [0.3, 0.4) is 0 Å². The first-order chi connectivity index (χ1) is 19.3. The Bertz CT molecular complexity index is 1650. The number of nitrogens with one attached hydrogen (secondary N) is 2. The van der Waals surface area contributed by atoms with E-state index in [9.17, 15) is 14.9 Å². The standard InChI is InChI=1S/C28H26N6O6/c1-16-24(27(35)30-20-10-5-6-11-21(20)38-2)25(17-12-13-22(39-3)23(15-17)40-4)33-28(29-16)31-26(32-33)18-8-7-9-19(14-18)34(36)37/h5-15,25H,1-4H3,(H,30,35)(H,29,31,32). The zero-order valence-corrected chi connectivity index (χ0v) is 22.2. The minimum absolute atomic E-state index is 0.0825. The summed E-state index contributed by atoms with van der Waals surface area (Å²) in [6.07, 6.45) is 0. The van der Waals surface area contributed by atoms with E-state index < -0.39 is 11.0 Å². The molecule has 4 aromatic rings. The molecule has 1 aromatic heterocycles. The minimum atomic E-state index is -0.731. The van der Waals surface area contributed by atoms with Crippen LogP contribution in [0.5, 0.6) is 17.2 Å². The second-order valence-corrected chi connectivity index (χ2v) is 8.85.